The van der Waals surface area contributed by atoms with Crippen molar-refractivity contribution in [2.75, 3.05) is 25.4 Å². The molecule has 7 nitrogen and oxygen atoms in total. The lowest BCUT2D eigenvalue weighted by atomic mass is 9.88. The van der Waals surface area contributed by atoms with Crippen molar-refractivity contribution in [3.8, 4) is 0 Å². The number of hydrogen-bond donors (Lipinski definition) is 0. The van der Waals surface area contributed by atoms with Crippen LogP contribution in [0.15, 0.2) is 0 Å². The third kappa shape index (κ3) is 5.29. The standard InChI is InChI=1S/C16H27FN2O5S/c1-15(2,3)24-14(21)18-7-5-16(4,6-8-18)19-10-12(9-13(19)20)11-25(17,22)23/h12H,5-11H2,1-4H3. The van der Waals surface area contributed by atoms with Crippen LogP contribution in [0.25, 0.3) is 0 Å². The molecule has 1 atom stereocenters. The Balaban J connectivity index is 1.96. The van der Waals surface area contributed by atoms with Crippen LogP contribution < -0.4 is 0 Å². The van der Waals surface area contributed by atoms with E-state index in [1.165, 1.54) is 0 Å². The van der Waals surface area contributed by atoms with Crippen LogP contribution in [0.3, 0.4) is 0 Å². The van der Waals surface area contributed by atoms with Crippen LogP contribution in [-0.2, 0) is 19.8 Å². The zero-order valence-corrected chi connectivity index (χ0v) is 16.1. The first-order valence-electron chi connectivity index (χ1n) is 8.50. The summed E-state index contributed by atoms with van der Waals surface area (Å²) >= 11 is 0. The number of carbonyl (C=O) groups is 2. The van der Waals surface area contributed by atoms with Crippen molar-refractivity contribution < 1.29 is 26.6 Å². The smallest absolute Gasteiger partial charge is 0.410 e. The average Bonchev–Trinajstić information content (AvgIpc) is 2.76. The molecule has 25 heavy (non-hydrogen) atoms. The Morgan fingerprint density at radius 2 is 1.88 bits per heavy atom. The van der Waals surface area contributed by atoms with Crippen molar-refractivity contribution in [1.29, 1.82) is 0 Å². The minimum atomic E-state index is -4.59. The quantitative estimate of drug-likeness (QED) is 0.701. The second kappa shape index (κ2) is 6.74. The molecule has 0 radical (unpaired) electrons. The highest BCUT2D eigenvalue weighted by molar-refractivity contribution is 7.86. The summed E-state index contributed by atoms with van der Waals surface area (Å²) in [4.78, 5) is 27.7. The van der Waals surface area contributed by atoms with E-state index < -0.39 is 33.0 Å². The molecule has 0 saturated carbocycles. The van der Waals surface area contributed by atoms with E-state index in [1.807, 2.05) is 6.92 Å². The molecule has 0 aromatic carbocycles. The largest absolute Gasteiger partial charge is 0.444 e. The molecule has 0 aromatic rings. The number of amides is 2. The Morgan fingerprint density at radius 3 is 2.36 bits per heavy atom. The number of carbonyl (C=O) groups excluding carboxylic acids is 2. The van der Waals surface area contributed by atoms with Gasteiger partial charge < -0.3 is 14.5 Å². The van der Waals surface area contributed by atoms with E-state index in [4.69, 9.17) is 4.74 Å². The molecule has 0 bridgehead atoms. The van der Waals surface area contributed by atoms with E-state index in [0.717, 1.165) is 0 Å². The molecular formula is C16H27FN2O5S. The Kier molecular flexibility index (Phi) is 5.37. The van der Waals surface area contributed by atoms with Crippen LogP contribution >= 0.6 is 0 Å². The van der Waals surface area contributed by atoms with E-state index in [2.05, 4.69) is 0 Å². The molecule has 1 unspecified atom stereocenters. The summed E-state index contributed by atoms with van der Waals surface area (Å²) in [6, 6.07) is 0. The summed E-state index contributed by atoms with van der Waals surface area (Å²) in [6.07, 6.45) is 0.831. The molecule has 2 aliphatic heterocycles. The zero-order valence-electron chi connectivity index (χ0n) is 15.2. The van der Waals surface area contributed by atoms with Crippen molar-refractivity contribution >= 4 is 22.2 Å². The molecule has 2 fully saturated rings. The third-order valence-corrected chi connectivity index (χ3v) is 5.65. The highest BCUT2D eigenvalue weighted by Crippen LogP contribution is 2.34. The second-order valence-corrected chi connectivity index (χ2v) is 9.66. The van der Waals surface area contributed by atoms with E-state index in [1.54, 1.807) is 30.6 Å². The van der Waals surface area contributed by atoms with Gasteiger partial charge in [-0.15, -0.1) is 3.89 Å². The number of hydrogen-bond acceptors (Lipinski definition) is 5. The van der Waals surface area contributed by atoms with Gasteiger partial charge in [-0.3, -0.25) is 4.79 Å². The fraction of sp³-hybridized carbons (Fsp3) is 0.875. The molecule has 2 heterocycles. The van der Waals surface area contributed by atoms with E-state index in [0.29, 0.717) is 25.9 Å². The lowest BCUT2D eigenvalue weighted by molar-refractivity contribution is -0.134. The van der Waals surface area contributed by atoms with Crippen molar-refractivity contribution in [2.24, 2.45) is 5.92 Å². The van der Waals surface area contributed by atoms with Gasteiger partial charge >= 0.3 is 16.3 Å². The molecule has 2 rings (SSSR count). The number of rotatable bonds is 3. The number of piperidine rings is 1. The van der Waals surface area contributed by atoms with Crippen LogP contribution in [0.2, 0.25) is 0 Å². The Labute approximate surface area is 148 Å². The van der Waals surface area contributed by atoms with Crippen molar-refractivity contribution in [2.45, 2.75) is 58.1 Å². The third-order valence-electron chi connectivity index (χ3n) is 4.78. The normalized spacial score (nSPS) is 24.5. The summed E-state index contributed by atoms with van der Waals surface area (Å²) in [5, 5.41) is 0. The summed E-state index contributed by atoms with van der Waals surface area (Å²) in [5.74, 6) is -1.28. The van der Waals surface area contributed by atoms with Crippen LogP contribution in [0, 0.1) is 5.92 Å². The predicted octanol–water partition coefficient (Wildman–Crippen LogP) is 1.92. The van der Waals surface area contributed by atoms with E-state index in [9.17, 15) is 21.9 Å². The van der Waals surface area contributed by atoms with E-state index in [-0.39, 0.29) is 25.0 Å². The van der Waals surface area contributed by atoms with Crippen LogP contribution in [0.4, 0.5) is 8.68 Å². The van der Waals surface area contributed by atoms with Crippen molar-refractivity contribution in [3.63, 3.8) is 0 Å². The maximum atomic E-state index is 12.9. The molecule has 2 amide bonds. The minimum absolute atomic E-state index is 0.0501. The fourth-order valence-corrected chi connectivity index (χ4v) is 4.25. The first-order valence-corrected chi connectivity index (χ1v) is 10.1. The molecule has 0 N–H and O–H groups in total. The summed E-state index contributed by atoms with van der Waals surface area (Å²) in [6.45, 7) is 8.51. The number of ether oxygens (including phenoxy) is 1. The summed E-state index contributed by atoms with van der Waals surface area (Å²) in [7, 11) is -4.59. The lowest BCUT2D eigenvalue weighted by Gasteiger charge is -2.45. The minimum Gasteiger partial charge on any atom is -0.444 e. The van der Waals surface area contributed by atoms with Gasteiger partial charge in [0, 0.05) is 37.5 Å². The predicted molar refractivity (Wildman–Crippen MR) is 90.2 cm³/mol. The molecule has 144 valence electrons. The Hall–Kier alpha value is -1.38. The fourth-order valence-electron chi connectivity index (χ4n) is 3.46. The Morgan fingerprint density at radius 1 is 1.32 bits per heavy atom. The molecule has 0 spiro atoms. The van der Waals surface area contributed by atoms with Crippen LogP contribution in [0.1, 0.15) is 47.0 Å². The van der Waals surface area contributed by atoms with Crippen molar-refractivity contribution in [1.82, 2.24) is 9.80 Å². The number of likely N-dealkylation sites (tertiary alicyclic amines) is 2. The maximum absolute atomic E-state index is 12.9. The van der Waals surface area contributed by atoms with Gasteiger partial charge in [0.05, 0.1) is 5.75 Å². The topological polar surface area (TPSA) is 84.0 Å². The molecule has 0 aromatic heterocycles. The monoisotopic (exact) mass is 378 g/mol. The molecule has 2 saturated heterocycles. The summed E-state index contributed by atoms with van der Waals surface area (Å²) in [5.41, 5.74) is -1.02. The zero-order chi connectivity index (χ0) is 19.0. The van der Waals surface area contributed by atoms with Gasteiger partial charge in [-0.2, -0.15) is 8.42 Å². The van der Waals surface area contributed by atoms with Gasteiger partial charge in [-0.05, 0) is 40.5 Å². The number of nitrogens with zero attached hydrogens (tertiary/aromatic N) is 2. The highest BCUT2D eigenvalue weighted by Gasteiger charge is 2.45. The molecule has 9 heteroatoms. The van der Waals surface area contributed by atoms with Crippen molar-refractivity contribution in [3.05, 3.63) is 0 Å². The summed E-state index contributed by atoms with van der Waals surface area (Å²) < 4.78 is 39.9. The van der Waals surface area contributed by atoms with Crippen LogP contribution in [0.5, 0.6) is 0 Å². The highest BCUT2D eigenvalue weighted by atomic mass is 32.3. The van der Waals surface area contributed by atoms with Gasteiger partial charge in [0.1, 0.15) is 5.60 Å². The first-order chi connectivity index (χ1) is 11.3. The van der Waals surface area contributed by atoms with Crippen LogP contribution in [-0.4, -0.2) is 66.7 Å². The van der Waals surface area contributed by atoms with Gasteiger partial charge in [0.25, 0.3) is 0 Å². The lowest BCUT2D eigenvalue weighted by Crippen LogP contribution is -2.55. The van der Waals surface area contributed by atoms with Gasteiger partial charge in [0.15, 0.2) is 0 Å². The molecular weight excluding hydrogens is 351 g/mol. The first kappa shape index (κ1) is 19.9. The maximum Gasteiger partial charge on any atom is 0.410 e. The van der Waals surface area contributed by atoms with E-state index >= 15 is 0 Å². The van der Waals surface area contributed by atoms with Gasteiger partial charge in [0.2, 0.25) is 5.91 Å². The second-order valence-electron chi connectivity index (χ2n) is 8.24. The molecule has 0 aliphatic carbocycles. The SMILES string of the molecule is CC(C)(C)OC(=O)N1CCC(C)(N2CC(CS(=O)(=O)F)CC2=O)CC1. The molecule has 2 aliphatic rings. The van der Waals surface area contributed by atoms with Gasteiger partial charge in [-0.25, -0.2) is 4.79 Å². The Bertz CT molecular complexity index is 635. The average molecular weight is 378 g/mol. The van der Waals surface area contributed by atoms with Gasteiger partial charge in [-0.1, -0.05) is 0 Å². The number of halogens is 1.